The quantitative estimate of drug-likeness (QED) is 0.149. The molecule has 8 nitrogen and oxygen atoms in total. The Morgan fingerprint density at radius 1 is 0.500 bits per heavy atom. The molecule has 234 valence electrons. The number of fused-ring (bicyclic) bond motifs is 2. The summed E-state index contributed by atoms with van der Waals surface area (Å²) < 4.78 is 0. The predicted molar refractivity (Wildman–Crippen MR) is 180 cm³/mol. The van der Waals surface area contributed by atoms with E-state index in [0.717, 1.165) is 94.2 Å². The van der Waals surface area contributed by atoms with Gasteiger partial charge in [-0.15, -0.1) is 0 Å². The number of piperidine rings is 2. The lowest BCUT2D eigenvalue weighted by atomic mass is 9.82. The molecule has 0 aromatic heterocycles. The first kappa shape index (κ1) is 28.1. The number of amides is 3. The zero-order valence-corrected chi connectivity index (χ0v) is 26.1. The Labute approximate surface area is 267 Å². The molecule has 4 heterocycles. The van der Waals surface area contributed by atoms with Crippen LogP contribution in [0.5, 0.6) is 0 Å². The molecule has 1 N–H and O–H groups in total. The van der Waals surface area contributed by atoms with Gasteiger partial charge < -0.3 is 19.8 Å². The Morgan fingerprint density at radius 2 is 0.957 bits per heavy atom. The van der Waals surface area contributed by atoms with Crippen LogP contribution in [0.2, 0.25) is 0 Å². The summed E-state index contributed by atoms with van der Waals surface area (Å²) in [6.07, 6.45) is 6.17. The zero-order valence-electron chi connectivity index (χ0n) is 26.1. The molecular weight excluding hydrogens is 576 g/mol. The Hall–Kier alpha value is -4.11. The molecule has 0 aliphatic carbocycles. The number of carbonyl (C=O) groups excluding carboxylic acids is 3. The SMILES string of the molecule is O=C1c2ccc3c4ccc5c6c(ccc(c7ccc(c2c37)C(=O)N1CCN1CCCCC1)c64)C(O)N(CCN1CCCCC1)C5=O. The molecule has 4 aliphatic heterocycles. The van der Waals surface area contributed by atoms with Gasteiger partial charge >= 0.3 is 0 Å². The number of aliphatic hydroxyl groups is 1. The zero-order chi connectivity index (χ0) is 31.1. The van der Waals surface area contributed by atoms with Crippen LogP contribution in [0.1, 0.15) is 81.4 Å². The van der Waals surface area contributed by atoms with Crippen LogP contribution in [-0.4, -0.2) is 94.8 Å². The molecule has 0 bridgehead atoms. The first-order valence-electron chi connectivity index (χ1n) is 17.0. The van der Waals surface area contributed by atoms with Gasteiger partial charge in [0.2, 0.25) is 0 Å². The number of hydrogen-bond donors (Lipinski definition) is 1. The highest BCUT2D eigenvalue weighted by molar-refractivity contribution is 6.39. The second-order valence-corrected chi connectivity index (χ2v) is 13.6. The number of nitrogens with zero attached hydrogens (tertiary/aromatic N) is 4. The van der Waals surface area contributed by atoms with E-state index < -0.39 is 6.23 Å². The van der Waals surface area contributed by atoms with Crippen LogP contribution in [-0.2, 0) is 0 Å². The molecular formula is C38H38N4O4. The van der Waals surface area contributed by atoms with Crippen LogP contribution >= 0.6 is 0 Å². The number of hydrogen-bond acceptors (Lipinski definition) is 6. The van der Waals surface area contributed by atoms with E-state index in [-0.39, 0.29) is 17.7 Å². The molecule has 46 heavy (non-hydrogen) atoms. The van der Waals surface area contributed by atoms with Gasteiger partial charge in [-0.1, -0.05) is 43.2 Å². The van der Waals surface area contributed by atoms with E-state index >= 15 is 0 Å². The summed E-state index contributed by atoms with van der Waals surface area (Å²) in [5, 5.41) is 18.8. The van der Waals surface area contributed by atoms with E-state index in [2.05, 4.69) is 9.80 Å². The van der Waals surface area contributed by atoms with E-state index in [1.165, 1.54) is 30.6 Å². The Balaban J connectivity index is 1.14. The number of carbonyl (C=O) groups is 3. The van der Waals surface area contributed by atoms with E-state index in [1.54, 1.807) is 4.90 Å². The van der Waals surface area contributed by atoms with Crippen LogP contribution in [0.3, 0.4) is 0 Å². The average Bonchev–Trinajstić information content (AvgIpc) is 3.09. The van der Waals surface area contributed by atoms with Crippen molar-refractivity contribution in [1.82, 2.24) is 19.6 Å². The van der Waals surface area contributed by atoms with Gasteiger partial charge in [-0.3, -0.25) is 19.3 Å². The number of benzene rings is 5. The van der Waals surface area contributed by atoms with Gasteiger partial charge in [-0.25, -0.2) is 0 Å². The third-order valence-corrected chi connectivity index (χ3v) is 11.1. The van der Waals surface area contributed by atoms with Crippen LogP contribution in [0.4, 0.5) is 0 Å². The van der Waals surface area contributed by atoms with Crippen molar-refractivity contribution in [2.45, 2.75) is 44.8 Å². The minimum Gasteiger partial charge on any atom is -0.369 e. The van der Waals surface area contributed by atoms with Gasteiger partial charge in [0.1, 0.15) is 0 Å². The summed E-state index contributed by atoms with van der Waals surface area (Å²) >= 11 is 0. The van der Waals surface area contributed by atoms with E-state index in [9.17, 15) is 19.5 Å². The maximum Gasteiger partial charge on any atom is 0.261 e. The van der Waals surface area contributed by atoms with E-state index in [0.29, 0.717) is 36.3 Å². The van der Waals surface area contributed by atoms with Crippen molar-refractivity contribution < 1.29 is 19.5 Å². The van der Waals surface area contributed by atoms with Crippen molar-refractivity contribution in [2.75, 3.05) is 52.4 Å². The number of aliphatic hydroxyl groups excluding tert-OH is 1. The van der Waals surface area contributed by atoms with Gasteiger partial charge in [0.15, 0.2) is 6.23 Å². The van der Waals surface area contributed by atoms with Gasteiger partial charge in [0.05, 0.1) is 0 Å². The lowest BCUT2D eigenvalue weighted by Crippen LogP contribution is -2.45. The maximum atomic E-state index is 13.9. The molecule has 0 saturated carbocycles. The molecule has 4 aliphatic rings. The second-order valence-electron chi connectivity index (χ2n) is 13.6. The standard InChI is InChI=1S/C38H38N4O4/c43-35-27-11-7-23-25-9-13-29-34-30(38(46)42(37(29)45)22-20-40-17-5-2-6-18-40)14-10-26(32(25)34)24-8-12-28(33(27)31(23)24)36(44)41(35)21-19-39-15-3-1-4-16-39/h7-14,35,43H,1-6,15-22H2. The monoisotopic (exact) mass is 614 g/mol. The fourth-order valence-corrected chi connectivity index (χ4v) is 8.77. The Bertz CT molecular complexity index is 2010. The fraction of sp³-hybridized carbons (Fsp3) is 0.395. The highest BCUT2D eigenvalue weighted by Gasteiger charge is 2.37. The maximum absolute atomic E-state index is 13.9. The Kier molecular flexibility index (Phi) is 6.56. The third-order valence-electron chi connectivity index (χ3n) is 11.1. The summed E-state index contributed by atoms with van der Waals surface area (Å²) in [5.74, 6) is -0.599. The largest absolute Gasteiger partial charge is 0.369 e. The summed E-state index contributed by atoms with van der Waals surface area (Å²) in [6.45, 7) is 6.44. The first-order valence-corrected chi connectivity index (χ1v) is 17.0. The summed E-state index contributed by atoms with van der Waals surface area (Å²) in [5.41, 5.74) is 2.50. The van der Waals surface area contributed by atoms with Crippen LogP contribution in [0.15, 0.2) is 48.5 Å². The highest BCUT2D eigenvalue weighted by atomic mass is 16.3. The summed E-state index contributed by atoms with van der Waals surface area (Å²) in [6, 6.07) is 15.6. The van der Waals surface area contributed by atoms with E-state index in [4.69, 9.17) is 0 Å². The average molecular weight is 615 g/mol. The number of imide groups is 1. The van der Waals surface area contributed by atoms with Crippen LogP contribution < -0.4 is 0 Å². The van der Waals surface area contributed by atoms with Crippen molar-refractivity contribution in [3.05, 3.63) is 70.8 Å². The molecule has 2 fully saturated rings. The van der Waals surface area contributed by atoms with Crippen molar-refractivity contribution >= 4 is 60.8 Å². The molecule has 1 unspecified atom stereocenters. The van der Waals surface area contributed by atoms with Gasteiger partial charge in [-0.2, -0.15) is 0 Å². The molecule has 0 spiro atoms. The minimum atomic E-state index is -1.02. The molecule has 0 radical (unpaired) electrons. The molecule has 2 saturated heterocycles. The normalized spacial score (nSPS) is 21.2. The van der Waals surface area contributed by atoms with Crippen LogP contribution in [0.25, 0.3) is 43.1 Å². The first-order chi connectivity index (χ1) is 22.5. The third kappa shape index (κ3) is 4.06. The number of rotatable bonds is 6. The summed E-state index contributed by atoms with van der Waals surface area (Å²) in [7, 11) is 0. The Morgan fingerprint density at radius 3 is 1.50 bits per heavy atom. The highest BCUT2D eigenvalue weighted by Crippen LogP contribution is 2.47. The second kappa shape index (κ2) is 10.7. The van der Waals surface area contributed by atoms with Gasteiger partial charge in [0.25, 0.3) is 17.7 Å². The molecule has 3 amide bonds. The molecule has 1 atom stereocenters. The minimum absolute atomic E-state index is 0.141. The molecule has 8 heteroatoms. The van der Waals surface area contributed by atoms with Crippen molar-refractivity contribution in [3.63, 3.8) is 0 Å². The van der Waals surface area contributed by atoms with Crippen molar-refractivity contribution in [2.24, 2.45) is 0 Å². The lowest BCUT2D eigenvalue weighted by molar-refractivity contribution is 0.000488. The molecule has 9 rings (SSSR count). The predicted octanol–water partition coefficient (Wildman–Crippen LogP) is 5.75. The summed E-state index contributed by atoms with van der Waals surface area (Å²) in [4.78, 5) is 49.4. The molecule has 5 aromatic carbocycles. The molecule has 5 aromatic rings. The number of likely N-dealkylation sites (tertiary alicyclic amines) is 2. The van der Waals surface area contributed by atoms with Crippen molar-refractivity contribution in [3.8, 4) is 0 Å². The van der Waals surface area contributed by atoms with Gasteiger partial charge in [-0.05, 0) is 102 Å². The van der Waals surface area contributed by atoms with Crippen LogP contribution in [0, 0.1) is 0 Å². The smallest absolute Gasteiger partial charge is 0.261 e. The van der Waals surface area contributed by atoms with Crippen molar-refractivity contribution in [1.29, 1.82) is 0 Å². The lowest BCUT2D eigenvalue weighted by Gasteiger charge is -2.36. The fourth-order valence-electron chi connectivity index (χ4n) is 8.77. The topological polar surface area (TPSA) is 84.4 Å². The van der Waals surface area contributed by atoms with Gasteiger partial charge in [0, 0.05) is 59.2 Å². The van der Waals surface area contributed by atoms with E-state index in [1.807, 2.05) is 48.5 Å².